The van der Waals surface area contributed by atoms with Crippen LogP contribution in [0.5, 0.6) is 0 Å². The summed E-state index contributed by atoms with van der Waals surface area (Å²) in [4.78, 5) is 21.6. The number of hydrogen-bond acceptors (Lipinski definition) is 8. The topological polar surface area (TPSA) is 139 Å². The Morgan fingerprint density at radius 2 is 2.10 bits per heavy atom. The summed E-state index contributed by atoms with van der Waals surface area (Å²) >= 11 is 0. The molecule has 0 radical (unpaired) electrons. The van der Waals surface area contributed by atoms with Crippen LogP contribution in [0.25, 0.3) is 10.8 Å². The van der Waals surface area contributed by atoms with Gasteiger partial charge in [0.15, 0.2) is 12.0 Å². The molecule has 3 heterocycles. The van der Waals surface area contributed by atoms with E-state index in [-0.39, 0.29) is 17.6 Å². The van der Waals surface area contributed by atoms with Crippen molar-refractivity contribution >= 4 is 28.2 Å². The summed E-state index contributed by atoms with van der Waals surface area (Å²) in [7, 11) is 0. The minimum atomic E-state index is -1.04. The van der Waals surface area contributed by atoms with Gasteiger partial charge in [-0.3, -0.25) is 4.79 Å². The number of aliphatic hydroxyl groups excluding tert-OH is 2. The van der Waals surface area contributed by atoms with Crippen LogP contribution >= 0.6 is 0 Å². The predicted octanol–water partition coefficient (Wildman–Crippen LogP) is 0.732. The monoisotopic (exact) mass is 400 g/mol. The summed E-state index contributed by atoms with van der Waals surface area (Å²) in [6, 6.07) is 3.41. The number of pyridine rings is 2. The minimum absolute atomic E-state index is 0.0301. The molecule has 0 bridgehead atoms. The van der Waals surface area contributed by atoms with Crippen molar-refractivity contribution in [1.29, 1.82) is 0 Å². The van der Waals surface area contributed by atoms with E-state index in [1.807, 2.05) is 20.8 Å². The molecule has 10 heteroatoms. The molecule has 0 saturated carbocycles. The van der Waals surface area contributed by atoms with E-state index in [0.29, 0.717) is 33.0 Å². The fraction of sp³-hybridized carbons (Fsp3) is 0.368. The van der Waals surface area contributed by atoms with Gasteiger partial charge in [-0.25, -0.2) is 9.97 Å². The van der Waals surface area contributed by atoms with E-state index in [0.717, 1.165) is 0 Å². The van der Waals surface area contributed by atoms with Crippen LogP contribution in [0, 0.1) is 5.21 Å². The summed E-state index contributed by atoms with van der Waals surface area (Å²) in [6.45, 7) is 5.35. The highest BCUT2D eigenvalue weighted by Gasteiger charge is 2.18. The van der Waals surface area contributed by atoms with Gasteiger partial charge in [-0.05, 0) is 38.3 Å². The molecule has 154 valence electrons. The van der Waals surface area contributed by atoms with Gasteiger partial charge < -0.3 is 30.6 Å². The average molecular weight is 400 g/mol. The second kappa shape index (κ2) is 8.02. The normalized spacial score (nSPS) is 12.7. The minimum Gasteiger partial charge on any atom is -0.619 e. The molecule has 0 aromatic carbocycles. The van der Waals surface area contributed by atoms with Crippen LogP contribution in [0.15, 0.2) is 41.7 Å². The fourth-order valence-corrected chi connectivity index (χ4v) is 2.81. The van der Waals surface area contributed by atoms with E-state index in [2.05, 4.69) is 20.6 Å². The molecule has 3 aromatic heterocycles. The molecule has 4 N–H and O–H groups in total. The smallest absolute Gasteiger partial charge is 0.262 e. The number of nitrogens with one attached hydrogen (secondary N) is 2. The zero-order chi connectivity index (χ0) is 21.2. The third-order valence-corrected chi connectivity index (χ3v) is 4.00. The van der Waals surface area contributed by atoms with E-state index in [1.54, 1.807) is 18.3 Å². The van der Waals surface area contributed by atoms with Crippen LogP contribution in [-0.2, 0) is 6.54 Å². The van der Waals surface area contributed by atoms with E-state index in [9.17, 15) is 15.1 Å². The van der Waals surface area contributed by atoms with Crippen molar-refractivity contribution in [2.75, 3.05) is 17.2 Å². The fourth-order valence-electron chi connectivity index (χ4n) is 2.81. The van der Waals surface area contributed by atoms with Gasteiger partial charge in [0.25, 0.3) is 5.56 Å². The van der Waals surface area contributed by atoms with Crippen molar-refractivity contribution in [3.05, 3.63) is 52.5 Å². The number of hydrogen-bond donors (Lipinski definition) is 4. The highest BCUT2D eigenvalue weighted by atomic mass is 16.5. The first-order valence-corrected chi connectivity index (χ1v) is 9.09. The van der Waals surface area contributed by atoms with Crippen LogP contribution in [0.2, 0.25) is 0 Å². The summed E-state index contributed by atoms with van der Waals surface area (Å²) in [5, 5.41) is 37.4. The number of nitrogens with zero attached hydrogens (tertiary/aromatic N) is 4. The molecule has 3 rings (SSSR count). The van der Waals surface area contributed by atoms with Crippen LogP contribution in [0.1, 0.15) is 20.8 Å². The lowest BCUT2D eigenvalue weighted by Crippen LogP contribution is -2.31. The Kier molecular flexibility index (Phi) is 5.66. The van der Waals surface area contributed by atoms with Gasteiger partial charge in [0.05, 0.1) is 30.8 Å². The van der Waals surface area contributed by atoms with Crippen molar-refractivity contribution in [3.8, 4) is 0 Å². The van der Waals surface area contributed by atoms with Gasteiger partial charge in [-0.2, -0.15) is 4.73 Å². The Labute approximate surface area is 167 Å². The van der Waals surface area contributed by atoms with Crippen molar-refractivity contribution in [3.63, 3.8) is 0 Å². The molecule has 0 fully saturated rings. The van der Waals surface area contributed by atoms with Crippen LogP contribution in [0.4, 0.5) is 17.5 Å². The second-order valence-electron chi connectivity index (χ2n) is 7.73. The summed E-state index contributed by atoms with van der Waals surface area (Å²) in [6.07, 6.45) is 4.43. The third kappa shape index (κ3) is 4.98. The molecule has 0 saturated heterocycles. The summed E-state index contributed by atoms with van der Waals surface area (Å²) < 4.78 is 1.96. The third-order valence-electron chi connectivity index (χ3n) is 4.00. The lowest BCUT2D eigenvalue weighted by atomic mass is 10.1. The number of anilines is 3. The van der Waals surface area contributed by atoms with Crippen LogP contribution in [-0.4, -0.2) is 43.0 Å². The van der Waals surface area contributed by atoms with Crippen LogP contribution < -0.4 is 20.9 Å². The zero-order valence-corrected chi connectivity index (χ0v) is 16.5. The molecule has 29 heavy (non-hydrogen) atoms. The standard InChI is InChI=1S/C19H24N6O4/c1-19(2,3)23-17-16-12(4-6-24(18(16)28)9-13(27)11-26)8-14(22-17)21-15-10-25(29)7-5-20-15/h4-8,10,13,26-27H,9,11H2,1-3H3,(H2,20,21,22,23). The lowest BCUT2D eigenvalue weighted by Gasteiger charge is -2.23. The lowest BCUT2D eigenvalue weighted by molar-refractivity contribution is -0.605. The molecule has 0 aliphatic heterocycles. The Morgan fingerprint density at radius 3 is 2.76 bits per heavy atom. The largest absolute Gasteiger partial charge is 0.619 e. The van der Waals surface area contributed by atoms with Gasteiger partial charge in [0, 0.05) is 11.7 Å². The Morgan fingerprint density at radius 1 is 1.34 bits per heavy atom. The molecule has 1 unspecified atom stereocenters. The van der Waals surface area contributed by atoms with E-state index in [1.165, 1.54) is 23.2 Å². The van der Waals surface area contributed by atoms with Gasteiger partial charge in [0.2, 0.25) is 6.20 Å². The molecule has 0 amide bonds. The molecule has 1 atom stereocenters. The molecular weight excluding hydrogens is 376 g/mol. The van der Waals surface area contributed by atoms with E-state index >= 15 is 0 Å². The summed E-state index contributed by atoms with van der Waals surface area (Å²) in [5.41, 5.74) is -0.713. The first-order chi connectivity index (χ1) is 13.7. The number of aliphatic hydroxyl groups is 2. The highest BCUT2D eigenvalue weighted by molar-refractivity contribution is 5.93. The number of aromatic nitrogens is 4. The first kappa shape index (κ1) is 20.5. The average Bonchev–Trinajstić information content (AvgIpc) is 2.62. The van der Waals surface area contributed by atoms with Crippen molar-refractivity contribution in [2.45, 2.75) is 39.0 Å². The predicted molar refractivity (Wildman–Crippen MR) is 109 cm³/mol. The number of fused-ring (bicyclic) bond motifs is 1. The Bertz CT molecular complexity index is 1080. The van der Waals surface area contributed by atoms with Gasteiger partial charge in [0.1, 0.15) is 11.6 Å². The molecule has 0 aliphatic rings. The maximum absolute atomic E-state index is 13.0. The summed E-state index contributed by atoms with van der Waals surface area (Å²) in [5.74, 6) is 1.09. The van der Waals surface area contributed by atoms with Crippen molar-refractivity contribution in [1.82, 2.24) is 14.5 Å². The SMILES string of the molecule is CC(C)(C)Nc1nc(Nc2c[n+]([O-])ccn2)cc2ccn(CC(O)CO)c(=O)c12. The molecule has 10 nitrogen and oxygen atoms in total. The van der Waals surface area contributed by atoms with Crippen molar-refractivity contribution < 1.29 is 14.9 Å². The zero-order valence-electron chi connectivity index (χ0n) is 16.5. The van der Waals surface area contributed by atoms with E-state index < -0.39 is 12.7 Å². The van der Waals surface area contributed by atoms with Gasteiger partial charge >= 0.3 is 0 Å². The maximum atomic E-state index is 13.0. The van der Waals surface area contributed by atoms with Crippen LogP contribution in [0.3, 0.4) is 0 Å². The highest BCUT2D eigenvalue weighted by Crippen LogP contribution is 2.25. The van der Waals surface area contributed by atoms with E-state index in [4.69, 9.17) is 5.11 Å². The molecule has 0 spiro atoms. The molecule has 0 aliphatic carbocycles. The molecular formula is C19H24N6O4. The Hall–Kier alpha value is -3.24. The Balaban J connectivity index is 2.12. The van der Waals surface area contributed by atoms with Crippen molar-refractivity contribution in [2.24, 2.45) is 0 Å². The van der Waals surface area contributed by atoms with Gasteiger partial charge in [-0.1, -0.05) is 0 Å². The quantitative estimate of drug-likeness (QED) is 0.351. The first-order valence-electron chi connectivity index (χ1n) is 9.09. The molecule has 3 aromatic rings. The second-order valence-corrected chi connectivity index (χ2v) is 7.73. The number of rotatable bonds is 6. The maximum Gasteiger partial charge on any atom is 0.262 e. The van der Waals surface area contributed by atoms with Gasteiger partial charge in [-0.15, -0.1) is 0 Å².